The van der Waals surface area contributed by atoms with E-state index in [0.717, 1.165) is 22.9 Å². The molecule has 0 bridgehead atoms. The molecule has 1 amide bonds. The Morgan fingerprint density at radius 1 is 1.00 bits per heavy atom. The van der Waals surface area contributed by atoms with Crippen molar-refractivity contribution in [1.82, 2.24) is 14.8 Å². The number of nitrogens with zero attached hydrogens (tertiary/aromatic N) is 3. The molecule has 12 heteroatoms. The van der Waals surface area contributed by atoms with Crippen molar-refractivity contribution in [2.24, 2.45) is 5.73 Å². The molecule has 6 nitrogen and oxygen atoms in total. The van der Waals surface area contributed by atoms with Crippen LogP contribution in [0.1, 0.15) is 76.6 Å². The lowest BCUT2D eigenvalue weighted by atomic mass is 9.82. The SMILES string of the molecule is NC(=O)c1cc(-c2cccnc2[C@@H](CC(=O)Cn2nc(C(F)(F)F)c3c2CCCC32CC2)Cc2cc(F)cc(F)c2)ccc1F. The number of nitrogens with two attached hydrogens (primary N) is 1. The van der Waals surface area contributed by atoms with Crippen LogP contribution in [0.15, 0.2) is 54.7 Å². The third kappa shape index (κ3) is 6.10. The molecule has 234 valence electrons. The van der Waals surface area contributed by atoms with Crippen molar-refractivity contribution in [2.75, 3.05) is 0 Å². The molecule has 2 aliphatic rings. The molecule has 1 fully saturated rings. The first kappa shape index (κ1) is 30.5. The van der Waals surface area contributed by atoms with Crippen molar-refractivity contribution in [1.29, 1.82) is 0 Å². The van der Waals surface area contributed by atoms with Crippen LogP contribution in [-0.2, 0) is 35.8 Å². The highest BCUT2D eigenvalue weighted by molar-refractivity contribution is 5.94. The molecule has 0 radical (unpaired) electrons. The van der Waals surface area contributed by atoms with Gasteiger partial charge in [-0.15, -0.1) is 0 Å². The van der Waals surface area contributed by atoms with Crippen molar-refractivity contribution in [3.8, 4) is 11.1 Å². The lowest BCUT2D eigenvalue weighted by Crippen LogP contribution is -2.22. The predicted octanol–water partition coefficient (Wildman–Crippen LogP) is 6.83. The van der Waals surface area contributed by atoms with Crippen LogP contribution in [0.25, 0.3) is 11.1 Å². The Morgan fingerprint density at radius 2 is 1.73 bits per heavy atom. The maximum absolute atomic E-state index is 14.3. The molecule has 1 spiro atoms. The van der Waals surface area contributed by atoms with Crippen LogP contribution in [0.2, 0.25) is 0 Å². The molecule has 2 heterocycles. The molecule has 2 aromatic heterocycles. The van der Waals surface area contributed by atoms with Gasteiger partial charge in [0.15, 0.2) is 11.5 Å². The molecule has 6 rings (SSSR count). The summed E-state index contributed by atoms with van der Waals surface area (Å²) >= 11 is 0. The van der Waals surface area contributed by atoms with Crippen LogP contribution in [0.3, 0.4) is 0 Å². The third-order valence-corrected chi connectivity index (χ3v) is 8.75. The third-order valence-electron chi connectivity index (χ3n) is 8.75. The normalized spacial score (nSPS) is 16.0. The van der Waals surface area contributed by atoms with Gasteiger partial charge < -0.3 is 5.73 Å². The van der Waals surface area contributed by atoms with Crippen LogP contribution in [-0.4, -0.2) is 26.5 Å². The van der Waals surface area contributed by atoms with Gasteiger partial charge in [0.1, 0.15) is 17.5 Å². The minimum atomic E-state index is -4.67. The number of aromatic nitrogens is 3. The summed E-state index contributed by atoms with van der Waals surface area (Å²) in [5.41, 5.74) is 5.45. The Hall–Kier alpha value is -4.48. The minimum Gasteiger partial charge on any atom is -0.366 e. The molecular weight excluding hydrogens is 598 g/mol. The van der Waals surface area contributed by atoms with Crippen LogP contribution in [0.5, 0.6) is 0 Å². The highest BCUT2D eigenvalue weighted by atomic mass is 19.4. The van der Waals surface area contributed by atoms with E-state index < -0.39 is 58.9 Å². The first-order valence-electron chi connectivity index (χ1n) is 14.5. The van der Waals surface area contributed by atoms with Crippen LogP contribution in [0.4, 0.5) is 26.3 Å². The zero-order chi connectivity index (χ0) is 32.1. The number of hydrogen-bond acceptors (Lipinski definition) is 4. The molecule has 2 aliphatic carbocycles. The number of hydrogen-bond donors (Lipinski definition) is 1. The van der Waals surface area contributed by atoms with E-state index in [9.17, 15) is 35.9 Å². The van der Waals surface area contributed by atoms with Gasteiger partial charge in [-0.25, -0.2) is 13.2 Å². The molecule has 0 unspecified atom stereocenters. The van der Waals surface area contributed by atoms with Gasteiger partial charge in [0, 0.05) is 41.4 Å². The van der Waals surface area contributed by atoms with Crippen LogP contribution >= 0.6 is 0 Å². The summed E-state index contributed by atoms with van der Waals surface area (Å²) in [6.45, 7) is -0.424. The molecule has 0 aliphatic heterocycles. The van der Waals surface area contributed by atoms with Gasteiger partial charge in [0.25, 0.3) is 5.91 Å². The second-order valence-electron chi connectivity index (χ2n) is 11.9. The number of amides is 1. The van der Waals surface area contributed by atoms with Gasteiger partial charge in [-0.2, -0.15) is 18.3 Å². The first-order valence-corrected chi connectivity index (χ1v) is 14.5. The fraction of sp³-hybridized carbons (Fsp3) is 0.333. The summed E-state index contributed by atoms with van der Waals surface area (Å²) in [6, 6.07) is 9.92. The highest BCUT2D eigenvalue weighted by Gasteiger charge is 2.54. The van der Waals surface area contributed by atoms with E-state index >= 15 is 0 Å². The number of ketones is 1. The van der Waals surface area contributed by atoms with Gasteiger partial charge in [-0.3, -0.25) is 19.3 Å². The molecular formula is C33H28F6N4O2. The summed E-state index contributed by atoms with van der Waals surface area (Å²) in [5.74, 6) is -4.72. The number of carbonyl (C=O) groups is 2. The average molecular weight is 627 g/mol. The summed E-state index contributed by atoms with van der Waals surface area (Å²) in [6.07, 6.45) is -0.506. The topological polar surface area (TPSA) is 90.9 Å². The van der Waals surface area contributed by atoms with Gasteiger partial charge in [0.05, 0.1) is 17.8 Å². The van der Waals surface area contributed by atoms with Crippen molar-refractivity contribution >= 4 is 11.7 Å². The number of rotatable bonds is 9. The van der Waals surface area contributed by atoms with Gasteiger partial charge in [0.2, 0.25) is 0 Å². The lowest BCUT2D eigenvalue weighted by Gasteiger charge is -2.24. The molecule has 1 atom stereocenters. The number of Topliss-reactive ketones (excluding diaryl/α,β-unsaturated/α-hetero) is 1. The molecule has 1 saturated carbocycles. The van der Waals surface area contributed by atoms with Crippen LogP contribution < -0.4 is 5.73 Å². The quantitative estimate of drug-likeness (QED) is 0.206. The lowest BCUT2D eigenvalue weighted by molar-refractivity contribution is -0.142. The summed E-state index contributed by atoms with van der Waals surface area (Å²) in [5, 5.41) is 3.90. The predicted molar refractivity (Wildman–Crippen MR) is 152 cm³/mol. The number of fused-ring (bicyclic) bond motifs is 2. The van der Waals surface area contributed by atoms with Crippen molar-refractivity contribution in [3.63, 3.8) is 0 Å². The van der Waals surface area contributed by atoms with E-state index in [4.69, 9.17) is 5.73 Å². The van der Waals surface area contributed by atoms with Crippen molar-refractivity contribution in [2.45, 2.75) is 69.0 Å². The molecule has 2 aromatic carbocycles. The molecule has 4 aromatic rings. The fourth-order valence-corrected chi connectivity index (χ4v) is 6.66. The van der Waals surface area contributed by atoms with E-state index in [-0.39, 0.29) is 29.5 Å². The van der Waals surface area contributed by atoms with Gasteiger partial charge in [-0.1, -0.05) is 12.1 Å². The minimum absolute atomic E-state index is 0.0531. The Bertz CT molecular complexity index is 1790. The Kier molecular flexibility index (Phi) is 7.78. The zero-order valence-electron chi connectivity index (χ0n) is 23.9. The number of halogens is 6. The number of alkyl halides is 3. The van der Waals surface area contributed by atoms with E-state index in [0.29, 0.717) is 60.7 Å². The number of benzene rings is 2. The second-order valence-corrected chi connectivity index (χ2v) is 11.9. The maximum atomic E-state index is 14.3. The fourth-order valence-electron chi connectivity index (χ4n) is 6.66. The number of primary amides is 1. The van der Waals surface area contributed by atoms with Crippen molar-refractivity contribution < 1.29 is 35.9 Å². The Morgan fingerprint density at radius 3 is 2.40 bits per heavy atom. The number of carbonyl (C=O) groups excluding carboxylic acids is 2. The standard InChI is InChI=1S/C33H28F6N4O2/c34-21-12-18(13-22(35)16-21)11-20(29-24(3-2-10-41-29)19-5-6-26(36)25(15-19)31(40)45)14-23(44)17-43-27-4-1-7-32(8-9-32)28(27)30(42-43)33(37,38)39/h2-3,5-6,10,12-13,15-16,20H,1,4,7-9,11,14,17H2,(H2,40,45)/t20-/m1/s1. The van der Waals surface area contributed by atoms with Crippen molar-refractivity contribution in [3.05, 3.63) is 106 Å². The monoisotopic (exact) mass is 626 g/mol. The Labute approximate surface area is 254 Å². The first-order chi connectivity index (χ1) is 21.3. The zero-order valence-corrected chi connectivity index (χ0v) is 23.9. The molecule has 0 saturated heterocycles. The maximum Gasteiger partial charge on any atom is 0.435 e. The number of pyridine rings is 1. The van der Waals surface area contributed by atoms with Gasteiger partial charge in [-0.05, 0) is 85.4 Å². The smallest absolute Gasteiger partial charge is 0.366 e. The van der Waals surface area contributed by atoms with E-state index in [2.05, 4.69) is 10.1 Å². The Balaban J connectivity index is 1.37. The van der Waals surface area contributed by atoms with E-state index in [1.165, 1.54) is 18.3 Å². The molecule has 45 heavy (non-hydrogen) atoms. The van der Waals surface area contributed by atoms with E-state index in [1.54, 1.807) is 12.1 Å². The average Bonchev–Trinajstić information content (AvgIpc) is 3.62. The molecule has 2 N–H and O–H groups in total. The highest BCUT2D eigenvalue weighted by Crippen LogP contribution is 2.58. The summed E-state index contributed by atoms with van der Waals surface area (Å²) in [7, 11) is 0. The largest absolute Gasteiger partial charge is 0.435 e. The van der Waals surface area contributed by atoms with Crippen LogP contribution in [0, 0.1) is 17.5 Å². The summed E-state index contributed by atoms with van der Waals surface area (Å²) in [4.78, 5) is 29.9. The van der Waals surface area contributed by atoms with E-state index in [1.807, 2.05) is 0 Å². The van der Waals surface area contributed by atoms with Gasteiger partial charge >= 0.3 is 6.18 Å². The summed E-state index contributed by atoms with van der Waals surface area (Å²) < 4.78 is 85.9. The second kappa shape index (κ2) is 11.5.